The second-order valence-electron chi connectivity index (χ2n) is 4.36. The Labute approximate surface area is 93.7 Å². The van der Waals surface area contributed by atoms with Gasteiger partial charge in [-0.2, -0.15) is 5.26 Å². The summed E-state index contributed by atoms with van der Waals surface area (Å²) >= 11 is 1.39. The molecule has 0 bridgehead atoms. The lowest BCUT2D eigenvalue weighted by atomic mass is 9.93. The summed E-state index contributed by atoms with van der Waals surface area (Å²) in [5.74, 6) is 0.0207. The molecule has 0 saturated carbocycles. The summed E-state index contributed by atoms with van der Waals surface area (Å²) in [6.45, 7) is 7.69. The molecular weight excluding hydrogens is 208 g/mol. The second-order valence-corrected chi connectivity index (χ2v) is 5.22. The second kappa shape index (κ2) is 4.03. The van der Waals surface area contributed by atoms with Crippen molar-refractivity contribution in [3.05, 3.63) is 21.8 Å². The van der Waals surface area contributed by atoms with Crippen molar-refractivity contribution in [2.45, 2.75) is 33.1 Å². The fourth-order valence-corrected chi connectivity index (χ4v) is 2.11. The maximum Gasteiger partial charge on any atom is 0.137 e. The van der Waals surface area contributed by atoms with Gasteiger partial charge in [0.1, 0.15) is 22.4 Å². The molecule has 1 aromatic rings. The summed E-state index contributed by atoms with van der Waals surface area (Å²) in [5, 5.41) is 20.7. The fourth-order valence-electron chi connectivity index (χ4n) is 1.02. The highest BCUT2D eigenvalue weighted by atomic mass is 32.1. The number of hydrogen-bond acceptors (Lipinski definition) is 4. The van der Waals surface area contributed by atoms with Gasteiger partial charge in [-0.3, -0.25) is 0 Å². The summed E-state index contributed by atoms with van der Waals surface area (Å²) in [6.07, 6.45) is 0. The monoisotopic (exact) mass is 222 g/mol. The van der Waals surface area contributed by atoms with Crippen LogP contribution in [-0.2, 0) is 5.41 Å². The average molecular weight is 222 g/mol. The van der Waals surface area contributed by atoms with Crippen LogP contribution in [0, 0.1) is 11.3 Å². The molecule has 0 saturated heterocycles. The van der Waals surface area contributed by atoms with E-state index in [9.17, 15) is 5.11 Å². The average Bonchev–Trinajstić information content (AvgIpc) is 2.52. The van der Waals surface area contributed by atoms with Crippen LogP contribution >= 0.6 is 11.3 Å². The molecule has 0 unspecified atom stereocenters. The first-order chi connectivity index (χ1) is 6.86. The molecule has 0 amide bonds. The number of aliphatic hydroxyl groups is 1. The van der Waals surface area contributed by atoms with Gasteiger partial charge in [0.2, 0.25) is 0 Å². The molecule has 0 spiro atoms. The van der Waals surface area contributed by atoms with Crippen LogP contribution < -0.4 is 0 Å². The molecule has 1 N–H and O–H groups in total. The molecule has 1 aromatic heterocycles. The first-order valence-corrected chi connectivity index (χ1v) is 5.50. The number of aliphatic hydroxyl groups excluding tert-OH is 1. The van der Waals surface area contributed by atoms with E-state index in [4.69, 9.17) is 5.26 Å². The lowest BCUT2D eigenvalue weighted by Gasteiger charge is -2.14. The largest absolute Gasteiger partial charge is 0.511 e. The Morgan fingerprint density at radius 2 is 2.13 bits per heavy atom. The standard InChI is InChI=1S/C11H14N2OS/c1-7(14)8(5-12)10-13-9(6-15-10)11(2,3)4/h6,14H,1-4H3/b8-7-. The van der Waals surface area contributed by atoms with E-state index in [2.05, 4.69) is 25.8 Å². The first kappa shape index (κ1) is 11.7. The molecule has 80 valence electrons. The molecule has 0 atom stereocenters. The molecule has 15 heavy (non-hydrogen) atoms. The minimum atomic E-state index is -0.0291. The zero-order valence-electron chi connectivity index (χ0n) is 9.33. The predicted octanol–water partition coefficient (Wildman–Crippen LogP) is 3.25. The van der Waals surface area contributed by atoms with Gasteiger partial charge in [-0.05, 0) is 6.92 Å². The van der Waals surface area contributed by atoms with E-state index >= 15 is 0 Å². The summed E-state index contributed by atoms with van der Waals surface area (Å²) in [5.41, 5.74) is 1.17. The third-order valence-electron chi connectivity index (χ3n) is 1.96. The van der Waals surface area contributed by atoms with E-state index in [0.29, 0.717) is 5.01 Å². The van der Waals surface area contributed by atoms with Crippen molar-refractivity contribution in [2.24, 2.45) is 0 Å². The molecule has 0 fully saturated rings. The Balaban J connectivity index is 3.17. The van der Waals surface area contributed by atoms with Crippen molar-refractivity contribution < 1.29 is 5.11 Å². The maximum atomic E-state index is 9.30. The number of allylic oxidation sites excluding steroid dienone is 2. The van der Waals surface area contributed by atoms with Crippen molar-refractivity contribution in [3.8, 4) is 6.07 Å². The van der Waals surface area contributed by atoms with Gasteiger partial charge in [-0.25, -0.2) is 4.98 Å². The lowest BCUT2D eigenvalue weighted by Crippen LogP contribution is -2.11. The summed E-state index contributed by atoms with van der Waals surface area (Å²) < 4.78 is 0. The quantitative estimate of drug-likeness (QED) is 0.586. The number of hydrogen-bond donors (Lipinski definition) is 1. The van der Waals surface area contributed by atoms with Gasteiger partial charge in [0.15, 0.2) is 0 Å². The molecule has 4 heteroatoms. The number of aromatic nitrogens is 1. The molecule has 1 rings (SSSR count). The van der Waals surface area contributed by atoms with Gasteiger partial charge in [0, 0.05) is 10.8 Å². The predicted molar refractivity (Wildman–Crippen MR) is 61.6 cm³/mol. The third kappa shape index (κ3) is 2.57. The van der Waals surface area contributed by atoms with E-state index in [0.717, 1.165) is 5.69 Å². The van der Waals surface area contributed by atoms with E-state index < -0.39 is 0 Å². The Hall–Kier alpha value is -1.34. The number of nitriles is 1. The minimum absolute atomic E-state index is 0.0207. The zero-order chi connectivity index (χ0) is 11.6. The first-order valence-electron chi connectivity index (χ1n) is 4.62. The van der Waals surface area contributed by atoms with Crippen LogP contribution in [0.25, 0.3) is 5.57 Å². The summed E-state index contributed by atoms with van der Waals surface area (Å²) in [6, 6.07) is 1.96. The Morgan fingerprint density at radius 3 is 2.47 bits per heavy atom. The van der Waals surface area contributed by atoms with Crippen LogP contribution in [0.4, 0.5) is 0 Å². The number of thiazole rings is 1. The highest BCUT2D eigenvalue weighted by Gasteiger charge is 2.19. The van der Waals surface area contributed by atoms with Gasteiger partial charge in [0.05, 0.1) is 5.69 Å². The molecular formula is C11H14N2OS. The SMILES string of the molecule is C/C(O)=C(\C#N)c1nc(C(C)(C)C)cs1. The minimum Gasteiger partial charge on any atom is -0.511 e. The summed E-state index contributed by atoms with van der Waals surface area (Å²) in [4.78, 5) is 4.35. The summed E-state index contributed by atoms with van der Waals surface area (Å²) in [7, 11) is 0. The van der Waals surface area contributed by atoms with Gasteiger partial charge in [-0.15, -0.1) is 11.3 Å². The third-order valence-corrected chi connectivity index (χ3v) is 2.82. The van der Waals surface area contributed by atoms with Crippen molar-refractivity contribution in [1.29, 1.82) is 5.26 Å². The molecule has 0 aliphatic carbocycles. The van der Waals surface area contributed by atoms with Gasteiger partial charge in [0.25, 0.3) is 0 Å². The van der Waals surface area contributed by atoms with Crippen molar-refractivity contribution in [3.63, 3.8) is 0 Å². The van der Waals surface area contributed by atoms with Crippen LogP contribution in [0.2, 0.25) is 0 Å². The fraction of sp³-hybridized carbons (Fsp3) is 0.455. The highest BCUT2D eigenvalue weighted by molar-refractivity contribution is 7.10. The van der Waals surface area contributed by atoms with Crippen LogP contribution in [0.15, 0.2) is 11.1 Å². The van der Waals surface area contributed by atoms with Gasteiger partial charge >= 0.3 is 0 Å². The number of nitrogens with zero attached hydrogens (tertiary/aromatic N) is 2. The molecule has 0 aliphatic heterocycles. The molecule has 0 radical (unpaired) electrons. The Morgan fingerprint density at radius 1 is 1.53 bits per heavy atom. The Bertz CT molecular complexity index is 428. The maximum absolute atomic E-state index is 9.30. The van der Waals surface area contributed by atoms with Crippen LogP contribution in [0.1, 0.15) is 38.4 Å². The van der Waals surface area contributed by atoms with Crippen LogP contribution in [-0.4, -0.2) is 10.1 Å². The zero-order valence-corrected chi connectivity index (χ0v) is 10.1. The smallest absolute Gasteiger partial charge is 0.137 e. The van der Waals surface area contributed by atoms with Gasteiger partial charge in [-0.1, -0.05) is 20.8 Å². The van der Waals surface area contributed by atoms with E-state index in [1.54, 1.807) is 0 Å². The highest BCUT2D eigenvalue weighted by Crippen LogP contribution is 2.27. The molecule has 1 heterocycles. The van der Waals surface area contributed by atoms with E-state index in [-0.39, 0.29) is 16.7 Å². The van der Waals surface area contributed by atoms with E-state index in [1.807, 2.05) is 11.4 Å². The van der Waals surface area contributed by atoms with Crippen LogP contribution in [0.3, 0.4) is 0 Å². The number of rotatable bonds is 1. The van der Waals surface area contributed by atoms with Crippen molar-refractivity contribution >= 4 is 16.9 Å². The molecule has 0 aromatic carbocycles. The van der Waals surface area contributed by atoms with Crippen molar-refractivity contribution in [2.75, 3.05) is 0 Å². The lowest BCUT2D eigenvalue weighted by molar-refractivity contribution is 0.418. The topological polar surface area (TPSA) is 56.9 Å². The van der Waals surface area contributed by atoms with Crippen molar-refractivity contribution in [1.82, 2.24) is 4.98 Å². The van der Waals surface area contributed by atoms with Crippen LogP contribution in [0.5, 0.6) is 0 Å². The van der Waals surface area contributed by atoms with E-state index in [1.165, 1.54) is 18.3 Å². The van der Waals surface area contributed by atoms with Gasteiger partial charge < -0.3 is 5.11 Å². The normalized spacial score (nSPS) is 13.3. The molecule has 0 aliphatic rings. The molecule has 3 nitrogen and oxygen atoms in total. The Kier molecular flexibility index (Phi) is 3.15.